The summed E-state index contributed by atoms with van der Waals surface area (Å²) in [6, 6.07) is 10.1. The van der Waals surface area contributed by atoms with Crippen molar-refractivity contribution in [1.82, 2.24) is 0 Å². The van der Waals surface area contributed by atoms with Crippen LogP contribution >= 0.6 is 0 Å². The second-order valence-corrected chi connectivity index (χ2v) is 3.56. The Morgan fingerprint density at radius 2 is 1.82 bits per heavy atom. The van der Waals surface area contributed by atoms with Gasteiger partial charge in [-0.15, -0.1) is 0 Å². The number of nitrogen functional groups attached to an aromatic ring is 1. The van der Waals surface area contributed by atoms with Crippen LogP contribution in [0, 0.1) is 11.6 Å². The molecule has 0 aromatic heterocycles. The first-order valence-corrected chi connectivity index (χ1v) is 5.08. The van der Waals surface area contributed by atoms with Crippen LogP contribution in [0.25, 0.3) is 0 Å². The maximum absolute atomic E-state index is 13.2. The minimum Gasteiger partial charge on any atom is -0.486 e. The van der Waals surface area contributed by atoms with Crippen LogP contribution in [0.1, 0.15) is 5.56 Å². The number of halogens is 2. The zero-order valence-corrected chi connectivity index (χ0v) is 8.99. The first-order chi connectivity index (χ1) is 8.16. The lowest BCUT2D eigenvalue weighted by Gasteiger charge is -2.09. The SMILES string of the molecule is Nc1cc(F)ccc1COc1ccccc1F. The monoisotopic (exact) mass is 235 g/mol. The van der Waals surface area contributed by atoms with Crippen molar-refractivity contribution in [2.24, 2.45) is 0 Å². The van der Waals surface area contributed by atoms with Crippen LogP contribution < -0.4 is 10.5 Å². The van der Waals surface area contributed by atoms with Gasteiger partial charge in [-0.2, -0.15) is 0 Å². The minimum atomic E-state index is -0.437. The summed E-state index contributed by atoms with van der Waals surface area (Å²) in [5.74, 6) is -0.693. The number of para-hydroxylation sites is 1. The van der Waals surface area contributed by atoms with Crippen molar-refractivity contribution in [2.75, 3.05) is 5.73 Å². The largest absolute Gasteiger partial charge is 0.486 e. The normalized spacial score (nSPS) is 10.2. The topological polar surface area (TPSA) is 35.2 Å². The molecule has 0 amide bonds. The summed E-state index contributed by atoms with van der Waals surface area (Å²) in [7, 11) is 0. The Morgan fingerprint density at radius 1 is 1.06 bits per heavy atom. The lowest BCUT2D eigenvalue weighted by Crippen LogP contribution is -2.01. The van der Waals surface area contributed by atoms with Gasteiger partial charge in [0.15, 0.2) is 11.6 Å². The quantitative estimate of drug-likeness (QED) is 0.829. The molecule has 2 aromatic rings. The summed E-state index contributed by atoms with van der Waals surface area (Å²) in [4.78, 5) is 0. The van der Waals surface area contributed by atoms with Gasteiger partial charge in [0.05, 0.1) is 0 Å². The van der Waals surface area contributed by atoms with Crippen molar-refractivity contribution in [2.45, 2.75) is 6.61 Å². The molecule has 2 N–H and O–H groups in total. The molecular formula is C13H11F2NO. The Bertz CT molecular complexity index is 529. The molecule has 0 aliphatic carbocycles. The number of ether oxygens (including phenoxy) is 1. The van der Waals surface area contributed by atoms with Gasteiger partial charge in [0.1, 0.15) is 12.4 Å². The van der Waals surface area contributed by atoms with Crippen molar-refractivity contribution in [3.63, 3.8) is 0 Å². The summed E-state index contributed by atoms with van der Waals surface area (Å²) in [6.07, 6.45) is 0. The van der Waals surface area contributed by atoms with Crippen LogP contribution in [0.15, 0.2) is 42.5 Å². The number of benzene rings is 2. The number of anilines is 1. The average molecular weight is 235 g/mol. The Balaban J connectivity index is 2.10. The average Bonchev–Trinajstić information content (AvgIpc) is 2.30. The van der Waals surface area contributed by atoms with Crippen molar-refractivity contribution < 1.29 is 13.5 Å². The van der Waals surface area contributed by atoms with Crippen LogP contribution in [-0.2, 0) is 6.61 Å². The van der Waals surface area contributed by atoms with E-state index in [1.807, 2.05) is 0 Å². The highest BCUT2D eigenvalue weighted by molar-refractivity contribution is 5.46. The van der Waals surface area contributed by atoms with Gasteiger partial charge in [-0.3, -0.25) is 0 Å². The van der Waals surface area contributed by atoms with E-state index in [9.17, 15) is 8.78 Å². The van der Waals surface area contributed by atoms with Crippen LogP contribution in [0.3, 0.4) is 0 Å². The number of hydrogen-bond acceptors (Lipinski definition) is 2. The lowest BCUT2D eigenvalue weighted by atomic mass is 10.2. The molecule has 0 unspecified atom stereocenters. The van der Waals surface area contributed by atoms with Gasteiger partial charge in [-0.25, -0.2) is 8.78 Å². The van der Waals surface area contributed by atoms with Crippen molar-refractivity contribution in [3.8, 4) is 5.75 Å². The molecule has 0 fully saturated rings. The highest BCUT2D eigenvalue weighted by atomic mass is 19.1. The molecular weight excluding hydrogens is 224 g/mol. The molecule has 0 heterocycles. The van der Waals surface area contributed by atoms with Gasteiger partial charge >= 0.3 is 0 Å². The summed E-state index contributed by atoms with van der Waals surface area (Å²) in [5.41, 5.74) is 6.52. The Labute approximate surface area is 97.6 Å². The molecule has 0 atom stereocenters. The molecule has 2 aromatic carbocycles. The van der Waals surface area contributed by atoms with Crippen LogP contribution in [-0.4, -0.2) is 0 Å². The van der Waals surface area contributed by atoms with Crippen LogP contribution in [0.5, 0.6) is 5.75 Å². The molecule has 0 spiro atoms. The molecule has 0 saturated carbocycles. The molecule has 0 bridgehead atoms. The zero-order valence-electron chi connectivity index (χ0n) is 8.99. The molecule has 4 heteroatoms. The van der Waals surface area contributed by atoms with E-state index >= 15 is 0 Å². The fourth-order valence-corrected chi connectivity index (χ4v) is 1.41. The maximum atomic E-state index is 13.2. The van der Waals surface area contributed by atoms with Gasteiger partial charge in [0.2, 0.25) is 0 Å². The molecule has 0 aliphatic heterocycles. The van der Waals surface area contributed by atoms with E-state index in [-0.39, 0.29) is 12.4 Å². The molecule has 88 valence electrons. The van der Waals surface area contributed by atoms with Gasteiger partial charge < -0.3 is 10.5 Å². The van der Waals surface area contributed by atoms with E-state index in [2.05, 4.69) is 0 Å². The van der Waals surface area contributed by atoms with Gasteiger partial charge in [0, 0.05) is 11.3 Å². The molecule has 2 rings (SSSR count). The zero-order chi connectivity index (χ0) is 12.3. The standard InChI is InChI=1S/C13H11F2NO/c14-10-6-5-9(12(16)7-10)8-17-13-4-2-1-3-11(13)15/h1-7H,8,16H2. The third-order valence-electron chi connectivity index (χ3n) is 2.33. The van der Waals surface area contributed by atoms with Crippen LogP contribution in [0.2, 0.25) is 0 Å². The fourth-order valence-electron chi connectivity index (χ4n) is 1.41. The van der Waals surface area contributed by atoms with E-state index in [0.717, 1.165) is 0 Å². The van der Waals surface area contributed by atoms with E-state index in [1.54, 1.807) is 12.1 Å². The number of rotatable bonds is 3. The van der Waals surface area contributed by atoms with Crippen molar-refractivity contribution in [3.05, 3.63) is 59.7 Å². The Morgan fingerprint density at radius 3 is 2.53 bits per heavy atom. The second-order valence-electron chi connectivity index (χ2n) is 3.56. The van der Waals surface area contributed by atoms with E-state index in [4.69, 9.17) is 10.5 Å². The lowest BCUT2D eigenvalue weighted by molar-refractivity contribution is 0.291. The molecule has 0 saturated heterocycles. The van der Waals surface area contributed by atoms with Crippen molar-refractivity contribution >= 4 is 5.69 Å². The molecule has 0 aliphatic rings. The Hall–Kier alpha value is -2.10. The maximum Gasteiger partial charge on any atom is 0.165 e. The molecule has 0 radical (unpaired) electrons. The first-order valence-electron chi connectivity index (χ1n) is 5.08. The predicted octanol–water partition coefficient (Wildman–Crippen LogP) is 3.13. The van der Waals surface area contributed by atoms with E-state index < -0.39 is 11.6 Å². The predicted molar refractivity (Wildman–Crippen MR) is 61.5 cm³/mol. The highest BCUT2D eigenvalue weighted by Crippen LogP contribution is 2.19. The number of nitrogens with two attached hydrogens (primary N) is 1. The molecule has 2 nitrogen and oxygen atoms in total. The van der Waals surface area contributed by atoms with Crippen LogP contribution in [0.4, 0.5) is 14.5 Å². The highest BCUT2D eigenvalue weighted by Gasteiger charge is 2.04. The van der Waals surface area contributed by atoms with E-state index in [0.29, 0.717) is 11.3 Å². The second kappa shape index (κ2) is 4.82. The van der Waals surface area contributed by atoms with Gasteiger partial charge in [-0.1, -0.05) is 18.2 Å². The first kappa shape index (κ1) is 11.4. The minimum absolute atomic E-state index is 0.104. The fraction of sp³-hybridized carbons (Fsp3) is 0.0769. The smallest absolute Gasteiger partial charge is 0.165 e. The third-order valence-corrected chi connectivity index (χ3v) is 2.33. The molecule has 17 heavy (non-hydrogen) atoms. The Kier molecular flexibility index (Phi) is 3.23. The summed E-state index contributed by atoms with van der Waals surface area (Å²) in [6.45, 7) is 0.104. The third kappa shape index (κ3) is 2.72. The summed E-state index contributed by atoms with van der Waals surface area (Å²) in [5, 5.41) is 0. The van der Waals surface area contributed by atoms with Gasteiger partial charge in [0.25, 0.3) is 0 Å². The summed E-state index contributed by atoms with van der Waals surface area (Å²) >= 11 is 0. The number of hydrogen-bond donors (Lipinski definition) is 1. The van der Waals surface area contributed by atoms with Gasteiger partial charge in [-0.05, 0) is 24.3 Å². The summed E-state index contributed by atoms with van der Waals surface area (Å²) < 4.78 is 31.3. The van der Waals surface area contributed by atoms with E-state index in [1.165, 1.54) is 30.3 Å². The van der Waals surface area contributed by atoms with Crippen molar-refractivity contribution in [1.29, 1.82) is 0 Å².